The Morgan fingerprint density at radius 1 is 1.36 bits per heavy atom. The zero-order chi connectivity index (χ0) is 16.1. The van der Waals surface area contributed by atoms with Crippen molar-refractivity contribution in [1.82, 2.24) is 4.90 Å². The summed E-state index contributed by atoms with van der Waals surface area (Å²) in [7, 11) is 0. The van der Waals surface area contributed by atoms with Crippen molar-refractivity contribution < 1.29 is 14.4 Å². The first-order valence-electron chi connectivity index (χ1n) is 7.71. The van der Waals surface area contributed by atoms with Gasteiger partial charge in [0.2, 0.25) is 0 Å². The third-order valence-electron chi connectivity index (χ3n) is 3.75. The largest absolute Gasteiger partial charge is 0.494 e. The van der Waals surface area contributed by atoms with Crippen molar-refractivity contribution >= 4 is 5.69 Å². The summed E-state index contributed by atoms with van der Waals surface area (Å²) in [6, 6.07) is 4.87. The molecule has 0 N–H and O–H groups in total. The molecule has 0 spiro atoms. The molecular formula is C16H24N2O4. The quantitative estimate of drug-likeness (QED) is 0.459. The van der Waals surface area contributed by atoms with E-state index in [1.807, 2.05) is 0 Å². The Bertz CT molecular complexity index is 511. The molecule has 1 fully saturated rings. The minimum absolute atomic E-state index is 0.128. The molecule has 2 atom stereocenters. The molecule has 0 unspecified atom stereocenters. The highest BCUT2D eigenvalue weighted by Crippen LogP contribution is 2.23. The normalized spacial score (nSPS) is 22.5. The number of ether oxygens (including phenoxy) is 2. The van der Waals surface area contributed by atoms with Gasteiger partial charge in [-0.15, -0.1) is 0 Å². The predicted molar refractivity (Wildman–Crippen MR) is 84.4 cm³/mol. The smallest absolute Gasteiger partial charge is 0.272 e. The van der Waals surface area contributed by atoms with E-state index >= 15 is 0 Å². The van der Waals surface area contributed by atoms with Gasteiger partial charge in [0, 0.05) is 31.3 Å². The molecule has 0 aliphatic carbocycles. The van der Waals surface area contributed by atoms with Crippen LogP contribution in [0.1, 0.15) is 25.8 Å². The van der Waals surface area contributed by atoms with Crippen LogP contribution in [0, 0.1) is 17.0 Å². The van der Waals surface area contributed by atoms with Gasteiger partial charge in [-0.3, -0.25) is 15.0 Å². The molecule has 1 aromatic rings. The summed E-state index contributed by atoms with van der Waals surface area (Å²) in [5.41, 5.74) is 0.752. The van der Waals surface area contributed by atoms with Crippen LogP contribution < -0.4 is 4.74 Å². The number of aryl methyl sites for hydroxylation is 1. The molecule has 6 nitrogen and oxygen atoms in total. The van der Waals surface area contributed by atoms with Crippen LogP contribution in [0.5, 0.6) is 5.75 Å². The minimum Gasteiger partial charge on any atom is -0.494 e. The second-order valence-electron chi connectivity index (χ2n) is 5.92. The Labute approximate surface area is 131 Å². The molecular weight excluding hydrogens is 284 g/mol. The van der Waals surface area contributed by atoms with Crippen LogP contribution in [0.4, 0.5) is 5.69 Å². The van der Waals surface area contributed by atoms with E-state index in [-0.39, 0.29) is 22.8 Å². The van der Waals surface area contributed by atoms with Crippen LogP contribution >= 0.6 is 0 Å². The van der Waals surface area contributed by atoms with Crippen molar-refractivity contribution in [1.29, 1.82) is 0 Å². The molecule has 0 saturated carbocycles. The van der Waals surface area contributed by atoms with Gasteiger partial charge in [-0.1, -0.05) is 0 Å². The summed E-state index contributed by atoms with van der Waals surface area (Å²) >= 11 is 0. The van der Waals surface area contributed by atoms with Crippen molar-refractivity contribution in [3.05, 3.63) is 33.9 Å². The molecule has 22 heavy (non-hydrogen) atoms. The van der Waals surface area contributed by atoms with Gasteiger partial charge in [0.15, 0.2) is 0 Å². The highest BCUT2D eigenvalue weighted by atomic mass is 16.6. The van der Waals surface area contributed by atoms with Gasteiger partial charge in [-0.25, -0.2) is 0 Å². The van der Waals surface area contributed by atoms with Crippen molar-refractivity contribution in [2.24, 2.45) is 0 Å². The Kier molecular flexibility index (Phi) is 5.74. The molecule has 1 aromatic carbocycles. The van der Waals surface area contributed by atoms with E-state index in [9.17, 15) is 10.1 Å². The fourth-order valence-electron chi connectivity index (χ4n) is 2.87. The summed E-state index contributed by atoms with van der Waals surface area (Å²) in [6.07, 6.45) is 1.49. The molecule has 0 bridgehead atoms. The summed E-state index contributed by atoms with van der Waals surface area (Å²) in [5, 5.41) is 10.8. The van der Waals surface area contributed by atoms with Crippen LogP contribution in [0.3, 0.4) is 0 Å². The van der Waals surface area contributed by atoms with Crippen LogP contribution in [-0.4, -0.2) is 48.3 Å². The van der Waals surface area contributed by atoms with E-state index in [0.29, 0.717) is 17.9 Å². The average molecular weight is 308 g/mol. The maximum Gasteiger partial charge on any atom is 0.272 e. The topological polar surface area (TPSA) is 64.8 Å². The molecule has 1 aliphatic heterocycles. The average Bonchev–Trinajstić information content (AvgIpc) is 2.42. The van der Waals surface area contributed by atoms with Crippen LogP contribution in [0.15, 0.2) is 18.2 Å². The van der Waals surface area contributed by atoms with E-state index in [2.05, 4.69) is 18.7 Å². The molecule has 122 valence electrons. The Morgan fingerprint density at radius 2 is 2.05 bits per heavy atom. The standard InChI is InChI=1S/C16H24N2O4/c1-12-9-15(5-6-16(12)18(19)20)21-8-4-7-17-10-13(2)22-14(3)11-17/h5-6,9,13-14H,4,7-8,10-11H2,1-3H3/t13-,14+. The molecule has 0 radical (unpaired) electrons. The molecule has 6 heteroatoms. The van der Waals surface area contributed by atoms with Gasteiger partial charge >= 0.3 is 0 Å². The summed E-state index contributed by atoms with van der Waals surface area (Å²) in [4.78, 5) is 12.8. The Morgan fingerprint density at radius 3 is 2.64 bits per heavy atom. The van der Waals surface area contributed by atoms with Crippen molar-refractivity contribution in [2.75, 3.05) is 26.2 Å². The molecule has 1 saturated heterocycles. The highest BCUT2D eigenvalue weighted by molar-refractivity contribution is 5.44. The number of nitrogens with zero attached hydrogens (tertiary/aromatic N) is 2. The highest BCUT2D eigenvalue weighted by Gasteiger charge is 2.21. The predicted octanol–water partition coefficient (Wildman–Crippen LogP) is 2.78. The number of benzene rings is 1. The zero-order valence-corrected chi connectivity index (χ0v) is 13.4. The third-order valence-corrected chi connectivity index (χ3v) is 3.75. The fourth-order valence-corrected chi connectivity index (χ4v) is 2.87. The monoisotopic (exact) mass is 308 g/mol. The first-order valence-corrected chi connectivity index (χ1v) is 7.71. The second kappa shape index (κ2) is 7.56. The van der Waals surface area contributed by atoms with E-state index < -0.39 is 0 Å². The fraction of sp³-hybridized carbons (Fsp3) is 0.625. The van der Waals surface area contributed by atoms with Gasteiger partial charge in [-0.2, -0.15) is 0 Å². The van der Waals surface area contributed by atoms with Gasteiger partial charge in [-0.05, 0) is 39.3 Å². The molecule has 0 amide bonds. The summed E-state index contributed by atoms with van der Waals surface area (Å²) in [6.45, 7) is 9.42. The van der Waals surface area contributed by atoms with Gasteiger partial charge in [0.25, 0.3) is 5.69 Å². The maximum absolute atomic E-state index is 10.8. The SMILES string of the molecule is Cc1cc(OCCCN2C[C@@H](C)O[C@@H](C)C2)ccc1[N+](=O)[O-]. The maximum atomic E-state index is 10.8. The number of hydrogen-bond acceptors (Lipinski definition) is 5. The van der Waals surface area contributed by atoms with Crippen molar-refractivity contribution in [3.8, 4) is 5.75 Å². The van der Waals surface area contributed by atoms with Crippen LogP contribution in [-0.2, 0) is 4.74 Å². The van der Waals surface area contributed by atoms with E-state index in [4.69, 9.17) is 9.47 Å². The lowest BCUT2D eigenvalue weighted by molar-refractivity contribution is -0.385. The third kappa shape index (κ3) is 4.68. The lowest BCUT2D eigenvalue weighted by Gasteiger charge is -2.35. The van der Waals surface area contributed by atoms with E-state index in [1.165, 1.54) is 6.07 Å². The van der Waals surface area contributed by atoms with Gasteiger partial charge in [0.05, 0.1) is 23.7 Å². The Balaban J connectivity index is 1.75. The summed E-state index contributed by atoms with van der Waals surface area (Å²) < 4.78 is 11.4. The summed E-state index contributed by atoms with van der Waals surface area (Å²) in [5.74, 6) is 0.687. The zero-order valence-electron chi connectivity index (χ0n) is 13.4. The lowest BCUT2D eigenvalue weighted by atomic mass is 10.2. The number of hydrogen-bond donors (Lipinski definition) is 0. The second-order valence-corrected chi connectivity index (χ2v) is 5.92. The van der Waals surface area contributed by atoms with Gasteiger partial charge in [0.1, 0.15) is 5.75 Å². The minimum atomic E-state index is -0.375. The van der Waals surface area contributed by atoms with Crippen LogP contribution in [0.2, 0.25) is 0 Å². The number of rotatable bonds is 6. The first kappa shape index (κ1) is 16.7. The number of morpholine rings is 1. The van der Waals surface area contributed by atoms with Crippen LogP contribution in [0.25, 0.3) is 0 Å². The number of nitro benzene ring substituents is 1. The van der Waals surface area contributed by atoms with E-state index in [0.717, 1.165) is 26.1 Å². The molecule has 0 aromatic heterocycles. The molecule has 1 aliphatic rings. The molecule has 2 rings (SSSR count). The van der Waals surface area contributed by atoms with Crippen molar-refractivity contribution in [3.63, 3.8) is 0 Å². The number of nitro groups is 1. The molecule has 1 heterocycles. The van der Waals surface area contributed by atoms with E-state index in [1.54, 1.807) is 19.1 Å². The lowest BCUT2D eigenvalue weighted by Crippen LogP contribution is -2.45. The van der Waals surface area contributed by atoms with Crippen molar-refractivity contribution in [2.45, 2.75) is 39.4 Å². The first-order chi connectivity index (χ1) is 10.5. The Hall–Kier alpha value is -1.66. The van der Waals surface area contributed by atoms with Gasteiger partial charge < -0.3 is 9.47 Å².